The molecule has 0 amide bonds. The third-order valence-electron chi connectivity index (χ3n) is 3.22. The quantitative estimate of drug-likeness (QED) is 0.715. The summed E-state index contributed by atoms with van der Waals surface area (Å²) in [5.74, 6) is -3.50. The second-order valence-electron chi connectivity index (χ2n) is 4.81. The van der Waals surface area contributed by atoms with Gasteiger partial charge in [-0.2, -0.15) is 0 Å². The van der Waals surface area contributed by atoms with Crippen LogP contribution in [0, 0.1) is 6.92 Å². The van der Waals surface area contributed by atoms with Crippen LogP contribution in [0.4, 0.5) is 0 Å². The SMILES string of the molecule is Cc1c(CCC(=O)O)nnn1-c1cc(C(=O)O)cc(C(=O)O)c1. The Labute approximate surface area is 129 Å². The highest BCUT2D eigenvalue weighted by Crippen LogP contribution is 2.18. The number of aromatic nitrogens is 3. The standard InChI is InChI=1S/C14H13N3O6/c1-7-11(2-3-12(18)19)15-16-17(7)10-5-8(13(20)21)4-9(6-10)14(22)23/h4-6H,2-3H2,1H3,(H,18,19)(H,20,21)(H,22,23). The van der Waals surface area contributed by atoms with Gasteiger partial charge in [-0.1, -0.05) is 5.21 Å². The average Bonchev–Trinajstić information content (AvgIpc) is 2.85. The lowest BCUT2D eigenvalue weighted by Gasteiger charge is -2.07. The molecule has 2 rings (SSSR count). The number of carboxylic acid groups (broad SMARTS) is 3. The molecule has 0 aliphatic heterocycles. The molecule has 0 spiro atoms. The Bertz CT molecular complexity index is 764. The number of aryl methyl sites for hydroxylation is 1. The van der Waals surface area contributed by atoms with Crippen molar-refractivity contribution in [2.75, 3.05) is 0 Å². The van der Waals surface area contributed by atoms with Crippen molar-refractivity contribution in [3.05, 3.63) is 40.7 Å². The van der Waals surface area contributed by atoms with E-state index in [0.29, 0.717) is 11.4 Å². The summed E-state index contributed by atoms with van der Waals surface area (Å²) in [4.78, 5) is 32.9. The van der Waals surface area contributed by atoms with Gasteiger partial charge >= 0.3 is 17.9 Å². The first-order valence-electron chi connectivity index (χ1n) is 6.54. The highest BCUT2D eigenvalue weighted by atomic mass is 16.4. The number of aromatic carboxylic acids is 2. The molecule has 1 aromatic carbocycles. The van der Waals surface area contributed by atoms with E-state index in [-0.39, 0.29) is 29.7 Å². The third kappa shape index (κ3) is 3.51. The van der Waals surface area contributed by atoms with Crippen LogP contribution in [-0.4, -0.2) is 48.2 Å². The monoisotopic (exact) mass is 319 g/mol. The third-order valence-corrected chi connectivity index (χ3v) is 3.22. The van der Waals surface area contributed by atoms with Crippen LogP contribution in [0.1, 0.15) is 38.5 Å². The molecule has 0 radical (unpaired) electrons. The number of aliphatic carboxylic acids is 1. The molecule has 1 aromatic heterocycles. The molecule has 1 heterocycles. The van der Waals surface area contributed by atoms with Crippen LogP contribution in [0.2, 0.25) is 0 Å². The molecule has 3 N–H and O–H groups in total. The highest BCUT2D eigenvalue weighted by molar-refractivity contribution is 5.94. The molecule has 2 aromatic rings. The van der Waals surface area contributed by atoms with Gasteiger partial charge in [-0.3, -0.25) is 4.79 Å². The predicted molar refractivity (Wildman–Crippen MR) is 76.0 cm³/mol. The van der Waals surface area contributed by atoms with E-state index in [4.69, 9.17) is 15.3 Å². The number of hydrogen-bond donors (Lipinski definition) is 3. The van der Waals surface area contributed by atoms with Gasteiger partial charge in [0.2, 0.25) is 0 Å². The molecule has 0 saturated carbocycles. The summed E-state index contributed by atoms with van der Waals surface area (Å²) in [6, 6.07) is 3.60. The molecule has 0 saturated heterocycles. The van der Waals surface area contributed by atoms with E-state index >= 15 is 0 Å². The topological polar surface area (TPSA) is 143 Å². The Morgan fingerprint density at radius 1 is 1.04 bits per heavy atom. The van der Waals surface area contributed by atoms with Gasteiger partial charge in [0.05, 0.1) is 34.6 Å². The maximum Gasteiger partial charge on any atom is 0.335 e. The van der Waals surface area contributed by atoms with Crippen LogP contribution in [0.25, 0.3) is 5.69 Å². The van der Waals surface area contributed by atoms with E-state index in [1.165, 1.54) is 16.8 Å². The van der Waals surface area contributed by atoms with Crippen molar-refractivity contribution in [2.24, 2.45) is 0 Å². The lowest BCUT2D eigenvalue weighted by Crippen LogP contribution is -2.07. The fraction of sp³-hybridized carbons (Fsp3) is 0.214. The van der Waals surface area contributed by atoms with Crippen LogP contribution in [-0.2, 0) is 11.2 Å². The zero-order chi connectivity index (χ0) is 17.1. The molecule has 9 nitrogen and oxygen atoms in total. The van der Waals surface area contributed by atoms with Gasteiger partial charge in [0.1, 0.15) is 0 Å². The van der Waals surface area contributed by atoms with Crippen LogP contribution < -0.4 is 0 Å². The van der Waals surface area contributed by atoms with Crippen LogP contribution in [0.15, 0.2) is 18.2 Å². The van der Waals surface area contributed by atoms with Crippen molar-refractivity contribution in [2.45, 2.75) is 19.8 Å². The van der Waals surface area contributed by atoms with Gasteiger partial charge in [-0.15, -0.1) is 5.10 Å². The maximum atomic E-state index is 11.1. The van der Waals surface area contributed by atoms with Crippen LogP contribution >= 0.6 is 0 Å². The molecular weight excluding hydrogens is 306 g/mol. The summed E-state index contributed by atoms with van der Waals surface area (Å²) < 4.78 is 1.29. The molecule has 0 aliphatic rings. The van der Waals surface area contributed by atoms with Gasteiger partial charge in [0.15, 0.2) is 0 Å². The lowest BCUT2D eigenvalue weighted by molar-refractivity contribution is -0.136. The zero-order valence-electron chi connectivity index (χ0n) is 12.1. The molecular formula is C14H13N3O6. The molecule has 120 valence electrons. The average molecular weight is 319 g/mol. The minimum absolute atomic E-state index is 0.116. The fourth-order valence-electron chi connectivity index (χ4n) is 2.04. The van der Waals surface area contributed by atoms with E-state index in [2.05, 4.69) is 10.3 Å². The second kappa shape index (κ2) is 6.26. The second-order valence-corrected chi connectivity index (χ2v) is 4.81. The van der Waals surface area contributed by atoms with E-state index in [1.807, 2.05) is 0 Å². The number of nitrogens with zero attached hydrogens (tertiary/aromatic N) is 3. The van der Waals surface area contributed by atoms with Crippen molar-refractivity contribution in [3.63, 3.8) is 0 Å². The fourth-order valence-corrected chi connectivity index (χ4v) is 2.04. The maximum absolute atomic E-state index is 11.1. The molecule has 0 bridgehead atoms. The number of rotatable bonds is 6. The minimum Gasteiger partial charge on any atom is -0.481 e. The Hall–Kier alpha value is -3.23. The Morgan fingerprint density at radius 3 is 2.09 bits per heavy atom. The van der Waals surface area contributed by atoms with Crippen molar-refractivity contribution >= 4 is 17.9 Å². The molecule has 23 heavy (non-hydrogen) atoms. The first-order valence-corrected chi connectivity index (χ1v) is 6.54. The van der Waals surface area contributed by atoms with E-state index in [1.54, 1.807) is 6.92 Å². The summed E-state index contributed by atoms with van der Waals surface area (Å²) in [5, 5.41) is 34.6. The Morgan fingerprint density at radius 2 is 1.61 bits per heavy atom. The van der Waals surface area contributed by atoms with E-state index in [0.717, 1.165) is 6.07 Å². The van der Waals surface area contributed by atoms with Gasteiger partial charge < -0.3 is 15.3 Å². The molecule has 0 fully saturated rings. The predicted octanol–water partition coefficient (Wildman–Crippen LogP) is 0.989. The summed E-state index contributed by atoms with van der Waals surface area (Å²) in [6.07, 6.45) is 0.0562. The van der Waals surface area contributed by atoms with E-state index < -0.39 is 17.9 Å². The highest BCUT2D eigenvalue weighted by Gasteiger charge is 2.16. The van der Waals surface area contributed by atoms with Crippen molar-refractivity contribution in [1.82, 2.24) is 15.0 Å². The van der Waals surface area contributed by atoms with Gasteiger partial charge in [-0.05, 0) is 25.1 Å². The lowest BCUT2D eigenvalue weighted by atomic mass is 10.1. The number of hydrogen-bond acceptors (Lipinski definition) is 5. The van der Waals surface area contributed by atoms with Crippen LogP contribution in [0.3, 0.4) is 0 Å². The number of benzene rings is 1. The summed E-state index contributed by atoms with van der Waals surface area (Å²) >= 11 is 0. The van der Waals surface area contributed by atoms with E-state index in [9.17, 15) is 14.4 Å². The van der Waals surface area contributed by atoms with Crippen LogP contribution in [0.5, 0.6) is 0 Å². The van der Waals surface area contributed by atoms with Crippen molar-refractivity contribution in [1.29, 1.82) is 0 Å². The first kappa shape index (κ1) is 16.1. The summed E-state index contributed by atoms with van der Waals surface area (Å²) in [5.41, 5.74) is 0.813. The van der Waals surface area contributed by atoms with Crippen molar-refractivity contribution in [3.8, 4) is 5.69 Å². The first-order chi connectivity index (χ1) is 10.8. The minimum atomic E-state index is -1.27. The van der Waals surface area contributed by atoms with Gasteiger partial charge in [-0.25, -0.2) is 14.3 Å². The molecule has 0 unspecified atom stereocenters. The van der Waals surface area contributed by atoms with Gasteiger partial charge in [0, 0.05) is 6.42 Å². The van der Waals surface area contributed by atoms with Crippen molar-refractivity contribution < 1.29 is 29.7 Å². The molecule has 0 aliphatic carbocycles. The Kier molecular flexibility index (Phi) is 4.39. The number of carbonyl (C=O) groups is 3. The zero-order valence-corrected chi connectivity index (χ0v) is 12.1. The molecule has 9 heteroatoms. The molecule has 0 atom stereocenters. The summed E-state index contributed by atoms with van der Waals surface area (Å²) in [6.45, 7) is 1.64. The number of carboxylic acids is 3. The van der Waals surface area contributed by atoms with Gasteiger partial charge in [0.25, 0.3) is 0 Å². The summed E-state index contributed by atoms with van der Waals surface area (Å²) in [7, 11) is 0. The smallest absolute Gasteiger partial charge is 0.335 e. The normalized spacial score (nSPS) is 10.5. The largest absolute Gasteiger partial charge is 0.481 e. The Balaban J connectivity index is 2.47.